The van der Waals surface area contributed by atoms with Gasteiger partial charge in [0.05, 0.1) is 28.9 Å². The van der Waals surface area contributed by atoms with Gasteiger partial charge in [-0.15, -0.1) is 0 Å². The molecule has 6 aromatic rings. The highest BCUT2D eigenvalue weighted by Crippen LogP contribution is 2.24. The number of imidazole rings is 1. The number of carbonyl (C=O) groups excluding carboxylic acids is 2. The zero-order chi connectivity index (χ0) is 25.5. The van der Waals surface area contributed by atoms with E-state index < -0.39 is 0 Å². The van der Waals surface area contributed by atoms with E-state index in [4.69, 9.17) is 4.74 Å². The summed E-state index contributed by atoms with van der Waals surface area (Å²) in [6, 6.07) is 17.0. The van der Waals surface area contributed by atoms with Gasteiger partial charge in [-0.05, 0) is 56.3 Å². The van der Waals surface area contributed by atoms with Gasteiger partial charge in [0.25, 0.3) is 5.91 Å². The number of H-pyrrole nitrogens is 1. The van der Waals surface area contributed by atoms with E-state index in [0.717, 1.165) is 33.0 Å². The second kappa shape index (κ2) is 8.90. The van der Waals surface area contributed by atoms with Crippen LogP contribution in [0.4, 0.5) is 5.69 Å². The lowest BCUT2D eigenvalue weighted by molar-refractivity contribution is -0.143. The van der Waals surface area contributed by atoms with Crippen LogP contribution in [-0.4, -0.2) is 47.8 Å². The first-order chi connectivity index (χ1) is 18.0. The summed E-state index contributed by atoms with van der Waals surface area (Å²) in [6.45, 7) is 4.13. The van der Waals surface area contributed by atoms with Crippen molar-refractivity contribution in [3.05, 3.63) is 78.2 Å². The second-order valence-electron chi connectivity index (χ2n) is 8.65. The first kappa shape index (κ1) is 22.5. The molecule has 2 aromatic carbocycles. The molecule has 0 unspecified atom stereocenters. The van der Waals surface area contributed by atoms with E-state index >= 15 is 0 Å². The molecule has 0 aliphatic heterocycles. The number of para-hydroxylation sites is 2. The smallest absolute Gasteiger partial charge is 0.325 e. The summed E-state index contributed by atoms with van der Waals surface area (Å²) in [5.41, 5.74) is 5.02. The molecule has 4 heterocycles. The highest BCUT2D eigenvalue weighted by molar-refractivity contribution is 6.06. The second-order valence-corrected chi connectivity index (χ2v) is 8.65. The number of aryl methyl sites for hydroxylation is 1. The van der Waals surface area contributed by atoms with Gasteiger partial charge < -0.3 is 19.6 Å². The van der Waals surface area contributed by atoms with E-state index in [1.165, 1.54) is 6.20 Å². The van der Waals surface area contributed by atoms with E-state index in [2.05, 4.69) is 25.4 Å². The maximum Gasteiger partial charge on any atom is 0.325 e. The highest BCUT2D eigenvalue weighted by Gasteiger charge is 2.17. The van der Waals surface area contributed by atoms with Crippen molar-refractivity contribution in [2.24, 2.45) is 0 Å². The van der Waals surface area contributed by atoms with Crippen molar-refractivity contribution in [1.29, 1.82) is 0 Å². The summed E-state index contributed by atoms with van der Waals surface area (Å²) in [5.74, 6) is -0.0120. The van der Waals surface area contributed by atoms with Crippen LogP contribution >= 0.6 is 0 Å². The zero-order valence-electron chi connectivity index (χ0n) is 20.2. The Morgan fingerprint density at radius 1 is 1.11 bits per heavy atom. The minimum atomic E-state index is -0.292. The lowest BCUT2D eigenvalue weighted by Gasteiger charge is -2.08. The molecular weight excluding hydrogens is 470 g/mol. The number of benzene rings is 2. The third-order valence-corrected chi connectivity index (χ3v) is 6.18. The van der Waals surface area contributed by atoms with Crippen molar-refractivity contribution in [3.8, 4) is 5.95 Å². The number of ether oxygens (including phenoxy) is 1. The number of nitrogens with one attached hydrogen (secondary N) is 2. The number of hydrogen-bond donors (Lipinski definition) is 2. The molecule has 2 N–H and O–H groups in total. The Balaban J connectivity index is 1.25. The minimum absolute atomic E-state index is 0.135. The molecule has 1 amide bonds. The average Bonchev–Trinajstić information content (AvgIpc) is 3.59. The number of rotatable bonds is 6. The predicted molar refractivity (Wildman–Crippen MR) is 140 cm³/mol. The van der Waals surface area contributed by atoms with Crippen molar-refractivity contribution in [3.63, 3.8) is 0 Å². The van der Waals surface area contributed by atoms with Crippen LogP contribution in [0.5, 0.6) is 0 Å². The largest absolute Gasteiger partial charge is 0.465 e. The molecular formula is C27H23N7O3. The molecule has 6 rings (SSSR count). The summed E-state index contributed by atoms with van der Waals surface area (Å²) in [4.78, 5) is 37.3. The number of esters is 1. The standard InChI is InChI=1S/C27H23N7O3/c1-3-37-24(35)15-33-11-10-17-12-19(8-9-23(17)33)29-26(36)18-13-20-16(2)32-34(25(20)28-14-18)27-30-21-6-4-5-7-22(21)31-27/h4-14H,3,15H2,1-2H3,(H,29,36)(H,30,31). The Bertz CT molecular complexity index is 1780. The van der Waals surface area contributed by atoms with Crippen molar-refractivity contribution in [2.75, 3.05) is 11.9 Å². The fraction of sp³-hybridized carbons (Fsp3) is 0.148. The SMILES string of the molecule is CCOC(=O)Cn1ccc2cc(NC(=O)c3cnc4c(c3)c(C)nn4-c3nc4ccccc4[nH]3)ccc21. The number of aromatic nitrogens is 6. The van der Waals surface area contributed by atoms with Crippen molar-refractivity contribution in [2.45, 2.75) is 20.4 Å². The maximum atomic E-state index is 13.1. The summed E-state index contributed by atoms with van der Waals surface area (Å²) < 4.78 is 8.51. The molecule has 0 atom stereocenters. The molecule has 4 aromatic heterocycles. The molecule has 0 aliphatic carbocycles. The number of fused-ring (bicyclic) bond motifs is 3. The number of anilines is 1. The van der Waals surface area contributed by atoms with Crippen LogP contribution < -0.4 is 5.32 Å². The van der Waals surface area contributed by atoms with E-state index in [0.29, 0.717) is 29.5 Å². The van der Waals surface area contributed by atoms with Gasteiger partial charge in [-0.2, -0.15) is 9.78 Å². The molecule has 0 saturated heterocycles. The Morgan fingerprint density at radius 2 is 1.97 bits per heavy atom. The number of pyridine rings is 1. The lowest BCUT2D eigenvalue weighted by atomic mass is 10.2. The molecule has 184 valence electrons. The van der Waals surface area contributed by atoms with Crippen molar-refractivity contribution in [1.82, 2.24) is 29.3 Å². The van der Waals surface area contributed by atoms with E-state index in [1.807, 2.05) is 60.2 Å². The van der Waals surface area contributed by atoms with Crippen LogP contribution in [0.25, 0.3) is 38.9 Å². The normalized spacial score (nSPS) is 11.4. The molecule has 0 fully saturated rings. The van der Waals surface area contributed by atoms with Gasteiger partial charge in [-0.3, -0.25) is 9.59 Å². The van der Waals surface area contributed by atoms with Gasteiger partial charge >= 0.3 is 5.97 Å². The number of amides is 1. The summed E-state index contributed by atoms with van der Waals surface area (Å²) in [6.07, 6.45) is 3.36. The van der Waals surface area contributed by atoms with Crippen LogP contribution in [0.15, 0.2) is 67.0 Å². The number of nitrogens with zero attached hydrogens (tertiary/aromatic N) is 5. The third-order valence-electron chi connectivity index (χ3n) is 6.18. The van der Waals surface area contributed by atoms with E-state index in [1.54, 1.807) is 23.7 Å². The van der Waals surface area contributed by atoms with E-state index in [-0.39, 0.29) is 18.4 Å². The van der Waals surface area contributed by atoms with Crippen LogP contribution in [0, 0.1) is 6.92 Å². The molecule has 0 aliphatic rings. The van der Waals surface area contributed by atoms with Crippen LogP contribution in [0.1, 0.15) is 23.0 Å². The topological polar surface area (TPSA) is 120 Å². The molecule has 0 saturated carbocycles. The van der Waals surface area contributed by atoms with Gasteiger partial charge in [0.15, 0.2) is 5.65 Å². The highest BCUT2D eigenvalue weighted by atomic mass is 16.5. The first-order valence-electron chi connectivity index (χ1n) is 11.9. The fourth-order valence-electron chi connectivity index (χ4n) is 4.42. The molecule has 0 radical (unpaired) electrons. The summed E-state index contributed by atoms with van der Waals surface area (Å²) in [5, 5.41) is 9.20. The Kier molecular flexibility index (Phi) is 5.41. The maximum absolute atomic E-state index is 13.1. The molecule has 10 heteroatoms. The predicted octanol–water partition coefficient (Wildman–Crippen LogP) is 4.38. The number of aromatic amines is 1. The van der Waals surface area contributed by atoms with Gasteiger partial charge in [-0.25, -0.2) is 9.97 Å². The quantitative estimate of drug-likeness (QED) is 0.333. The van der Waals surface area contributed by atoms with Crippen molar-refractivity contribution < 1.29 is 14.3 Å². The average molecular weight is 494 g/mol. The number of hydrogen-bond acceptors (Lipinski definition) is 6. The van der Waals surface area contributed by atoms with Gasteiger partial charge in [0.1, 0.15) is 6.54 Å². The first-order valence-corrected chi connectivity index (χ1v) is 11.9. The van der Waals surface area contributed by atoms with E-state index in [9.17, 15) is 9.59 Å². The molecule has 0 bridgehead atoms. The van der Waals surface area contributed by atoms with Gasteiger partial charge in [0.2, 0.25) is 5.95 Å². The minimum Gasteiger partial charge on any atom is -0.465 e. The monoisotopic (exact) mass is 493 g/mol. The van der Waals surface area contributed by atoms with Crippen LogP contribution in [-0.2, 0) is 16.1 Å². The fourth-order valence-corrected chi connectivity index (χ4v) is 4.42. The Hall–Kier alpha value is -4.99. The Morgan fingerprint density at radius 3 is 2.81 bits per heavy atom. The van der Waals surface area contributed by atoms with Crippen LogP contribution in [0.3, 0.4) is 0 Å². The Labute approximate surface area is 210 Å². The summed E-state index contributed by atoms with van der Waals surface area (Å²) >= 11 is 0. The molecule has 0 spiro atoms. The number of carbonyl (C=O) groups is 2. The van der Waals surface area contributed by atoms with Crippen LogP contribution in [0.2, 0.25) is 0 Å². The van der Waals surface area contributed by atoms with Gasteiger partial charge in [-0.1, -0.05) is 12.1 Å². The molecule has 37 heavy (non-hydrogen) atoms. The zero-order valence-corrected chi connectivity index (χ0v) is 20.2. The van der Waals surface area contributed by atoms with Gasteiger partial charge in [0, 0.05) is 34.4 Å². The lowest BCUT2D eigenvalue weighted by Crippen LogP contribution is -2.13. The van der Waals surface area contributed by atoms with Crippen molar-refractivity contribution >= 4 is 50.5 Å². The molecule has 10 nitrogen and oxygen atoms in total. The third kappa shape index (κ3) is 4.08. The summed E-state index contributed by atoms with van der Waals surface area (Å²) in [7, 11) is 0.